The monoisotopic (exact) mass is 1210 g/mol. The molecule has 4 aromatic rings. The van der Waals surface area contributed by atoms with Gasteiger partial charge in [0.15, 0.2) is 30.7 Å². The third-order valence-corrected chi connectivity index (χ3v) is 15.0. The summed E-state index contributed by atoms with van der Waals surface area (Å²) in [7, 11) is 0. The van der Waals surface area contributed by atoms with Gasteiger partial charge in [-0.3, -0.25) is 4.79 Å². The van der Waals surface area contributed by atoms with E-state index < -0.39 is 213 Å². The van der Waals surface area contributed by atoms with Crippen LogP contribution >= 0.6 is 0 Å². The van der Waals surface area contributed by atoms with Crippen LogP contribution in [0.5, 0.6) is 28.7 Å². The molecule has 1 aromatic heterocycles. The summed E-state index contributed by atoms with van der Waals surface area (Å²) in [5.41, 5.74) is -1.20. The highest BCUT2D eigenvalue weighted by atomic mass is 16.8. The van der Waals surface area contributed by atoms with E-state index >= 15 is 4.79 Å². The number of aliphatic hydroxyl groups excluding tert-OH is 14. The van der Waals surface area contributed by atoms with Crippen LogP contribution in [0.1, 0.15) is 19.4 Å². The van der Waals surface area contributed by atoms with Crippen LogP contribution in [0.2, 0.25) is 0 Å². The van der Waals surface area contributed by atoms with Crippen molar-refractivity contribution in [1.82, 2.24) is 0 Å². The van der Waals surface area contributed by atoms with E-state index in [4.69, 9.17) is 56.5 Å². The fourth-order valence-corrected chi connectivity index (χ4v) is 10.1. The molecule has 5 aliphatic heterocycles. The zero-order valence-electron chi connectivity index (χ0n) is 44.8. The lowest BCUT2D eigenvalue weighted by atomic mass is 9.95. The van der Waals surface area contributed by atoms with Crippen LogP contribution in [0.25, 0.3) is 28.4 Å². The summed E-state index contributed by atoms with van der Waals surface area (Å²) in [6.45, 7) is -0.139. The molecule has 0 spiro atoms. The largest absolute Gasteiger partial charge is 0.508 e. The summed E-state index contributed by atoms with van der Waals surface area (Å²) in [4.78, 5) is 28.0. The van der Waals surface area contributed by atoms with Gasteiger partial charge >= 0.3 is 5.97 Å². The Labute approximate surface area is 479 Å². The number of hydrogen-bond acceptors (Lipinski definition) is 31. The second kappa shape index (κ2) is 26.7. The van der Waals surface area contributed by atoms with Crippen LogP contribution < -0.4 is 14.9 Å². The van der Waals surface area contributed by atoms with Crippen LogP contribution in [-0.2, 0) is 47.4 Å². The number of aromatic hydroxyl groups is 3. The molecule has 5 fully saturated rings. The molecule has 31 nitrogen and oxygen atoms in total. The minimum Gasteiger partial charge on any atom is -0.508 e. The maximum atomic E-state index is 15.1. The lowest BCUT2D eigenvalue weighted by molar-refractivity contribution is -0.400. The van der Waals surface area contributed by atoms with Gasteiger partial charge in [0.1, 0.15) is 144 Å². The lowest BCUT2D eigenvalue weighted by Crippen LogP contribution is -2.68. The molecule has 0 unspecified atom stereocenters. The topological polar surface area (TPSA) is 493 Å². The van der Waals surface area contributed by atoms with Gasteiger partial charge in [-0.2, -0.15) is 0 Å². The standard InChI is InChI=1S/C54H66O31/c1-18-32(61)37(66)41(70)50(75-18)77-24-13-25(59)31-26(14-24)78-46(21-6-10-23(58)11-7-21)47(36(31)65)83-54-49(85-52-43(72)39(68)34(63)28(16-56)80-52)48(45(19(2)76-54)82-51-42(71)38(67)33(62)27(15-55)79-51)84-53-44(73)40(69)35(64)29(81-53)17-74-30(60)12-5-20-3-8-22(57)9-4-20/h3-14,18-19,27-29,32-35,37-45,48-59,61-64,66-73H,15-17H2,1-2H3/t18-,19-,27+,28+,29+,32-,33+,34+,35+,37+,38-,39-,40-,41+,42+,43+,44+,45-,48+,49+,50-,51-,52-,53-,54-/m0/s1. The fraction of sp³-hybridized carbons (Fsp3) is 0.556. The summed E-state index contributed by atoms with van der Waals surface area (Å²) in [6.07, 6.45) is -45.9. The van der Waals surface area contributed by atoms with Crippen molar-refractivity contribution in [3.05, 3.63) is 82.5 Å². The zero-order chi connectivity index (χ0) is 61.5. The molecule has 3 aromatic carbocycles. The molecular weight excluding hydrogens is 1140 g/mol. The Morgan fingerprint density at radius 3 is 1.56 bits per heavy atom. The highest BCUT2D eigenvalue weighted by Gasteiger charge is 2.57. The van der Waals surface area contributed by atoms with Crippen molar-refractivity contribution < 1.29 is 148 Å². The van der Waals surface area contributed by atoms with Crippen molar-refractivity contribution in [3.63, 3.8) is 0 Å². The third kappa shape index (κ3) is 13.4. The molecular formula is C54H66O31. The summed E-state index contributed by atoms with van der Waals surface area (Å²) in [5.74, 6) is -3.85. The predicted molar refractivity (Wildman–Crippen MR) is 276 cm³/mol. The number of benzene rings is 3. The second-order valence-corrected chi connectivity index (χ2v) is 20.8. The minimum absolute atomic E-state index is 0.0321. The quantitative estimate of drug-likeness (QED) is 0.0347. The number of carbonyl (C=O) groups excluding carboxylic acids is 1. The summed E-state index contributed by atoms with van der Waals surface area (Å²) in [5, 5.41) is 182. The first-order valence-electron chi connectivity index (χ1n) is 26.6. The highest BCUT2D eigenvalue weighted by Crippen LogP contribution is 2.42. The summed E-state index contributed by atoms with van der Waals surface area (Å²) in [6, 6.07) is 12.5. The molecule has 9 rings (SSSR count). The zero-order valence-corrected chi connectivity index (χ0v) is 44.8. The summed E-state index contributed by atoms with van der Waals surface area (Å²) >= 11 is 0. The Morgan fingerprint density at radius 2 is 1.00 bits per heavy atom. The molecule has 17 N–H and O–H groups in total. The fourth-order valence-electron chi connectivity index (χ4n) is 10.1. The Balaban J connectivity index is 1.13. The average Bonchev–Trinajstić information content (AvgIpc) is 1.86. The van der Waals surface area contributed by atoms with E-state index in [9.17, 15) is 91.6 Å². The number of ether oxygens (including phenoxy) is 11. The van der Waals surface area contributed by atoms with Crippen molar-refractivity contribution in [2.45, 2.75) is 167 Å². The summed E-state index contributed by atoms with van der Waals surface area (Å²) < 4.78 is 71.9. The maximum absolute atomic E-state index is 15.1. The Bertz CT molecular complexity index is 2980. The number of hydrogen-bond donors (Lipinski definition) is 17. The molecule has 468 valence electrons. The minimum atomic E-state index is -2.27. The van der Waals surface area contributed by atoms with E-state index in [1.165, 1.54) is 68.5 Å². The number of esters is 1. The number of phenols is 3. The molecule has 5 saturated heterocycles. The Kier molecular flexibility index (Phi) is 20.0. The molecule has 0 aliphatic carbocycles. The number of carbonyl (C=O) groups is 1. The molecule has 6 heterocycles. The number of phenolic OH excluding ortho intramolecular Hbond substituents is 3. The second-order valence-electron chi connectivity index (χ2n) is 20.8. The molecule has 85 heavy (non-hydrogen) atoms. The van der Waals surface area contributed by atoms with Gasteiger partial charge in [0.2, 0.25) is 23.8 Å². The van der Waals surface area contributed by atoms with Gasteiger partial charge in [-0.05, 0) is 61.9 Å². The first kappa shape index (κ1) is 63.7. The Morgan fingerprint density at radius 1 is 0.518 bits per heavy atom. The van der Waals surface area contributed by atoms with Crippen molar-refractivity contribution in [1.29, 1.82) is 0 Å². The van der Waals surface area contributed by atoms with E-state index in [2.05, 4.69) is 0 Å². The van der Waals surface area contributed by atoms with E-state index in [1.54, 1.807) is 0 Å². The van der Waals surface area contributed by atoms with Crippen LogP contribution in [0, 0.1) is 0 Å². The molecule has 0 amide bonds. The molecule has 0 bridgehead atoms. The van der Waals surface area contributed by atoms with E-state index in [-0.39, 0.29) is 22.8 Å². The van der Waals surface area contributed by atoms with Crippen molar-refractivity contribution in [3.8, 4) is 40.1 Å². The third-order valence-electron chi connectivity index (χ3n) is 15.0. The predicted octanol–water partition coefficient (Wildman–Crippen LogP) is -5.27. The number of rotatable bonds is 17. The van der Waals surface area contributed by atoms with Gasteiger partial charge in [0, 0.05) is 23.8 Å². The van der Waals surface area contributed by atoms with Gasteiger partial charge in [-0.25, -0.2) is 4.79 Å². The van der Waals surface area contributed by atoms with E-state index in [1.807, 2.05) is 0 Å². The van der Waals surface area contributed by atoms with Gasteiger partial charge in [-0.15, -0.1) is 0 Å². The highest BCUT2D eigenvalue weighted by molar-refractivity contribution is 5.88. The number of aliphatic hydroxyl groups is 14. The van der Waals surface area contributed by atoms with Crippen LogP contribution in [0.3, 0.4) is 0 Å². The normalized spacial score (nSPS) is 38.9. The molecule has 0 radical (unpaired) electrons. The van der Waals surface area contributed by atoms with E-state index in [0.29, 0.717) is 5.56 Å². The molecule has 31 heteroatoms. The van der Waals surface area contributed by atoms with Gasteiger partial charge in [0.25, 0.3) is 0 Å². The maximum Gasteiger partial charge on any atom is 0.330 e. The van der Waals surface area contributed by atoms with Crippen LogP contribution in [0.4, 0.5) is 0 Å². The number of fused-ring (bicyclic) bond motifs is 1. The van der Waals surface area contributed by atoms with E-state index in [0.717, 1.165) is 18.2 Å². The molecule has 0 saturated carbocycles. The van der Waals surface area contributed by atoms with Crippen molar-refractivity contribution in [2.75, 3.05) is 19.8 Å². The van der Waals surface area contributed by atoms with Gasteiger partial charge in [0.05, 0.1) is 25.4 Å². The van der Waals surface area contributed by atoms with Crippen molar-refractivity contribution >= 4 is 23.0 Å². The average molecular weight is 1210 g/mol. The first-order valence-corrected chi connectivity index (χ1v) is 26.6. The smallest absolute Gasteiger partial charge is 0.330 e. The lowest BCUT2D eigenvalue weighted by Gasteiger charge is -2.50. The first-order chi connectivity index (χ1) is 40.4. The van der Waals surface area contributed by atoms with Gasteiger partial charge < -0.3 is 143 Å². The molecule has 5 aliphatic rings. The Hall–Kier alpha value is -5.80. The van der Waals surface area contributed by atoms with Crippen molar-refractivity contribution in [2.24, 2.45) is 0 Å². The van der Waals surface area contributed by atoms with Crippen LogP contribution in [-0.4, -0.2) is 266 Å². The SMILES string of the molecule is C[C@@H]1O[C@@H](Oc2cc(O)c3c(=O)c(O[C@@H]4O[C@@H](C)[C@H](O[C@@H]5O[C@H](CO)[C@@H](O)[C@H](O)[C@H]5O)[C@@H](O[C@@H]5O[C@H](COC(=O)C=Cc6ccc(O)cc6)[C@@H](O)[C@H](O)[C@H]5O)[C@H]4O[C@@H]4O[C@H](CO)[C@@H](O)[C@H](O)[C@H]4O)c(-c4ccc(O)cc4)oc3c2)[C@H](O)[C@H](O)[C@H]1O. The molecule has 25 atom stereocenters. The van der Waals surface area contributed by atoms with Gasteiger partial charge in [-0.1, -0.05) is 12.1 Å². The van der Waals surface area contributed by atoms with Crippen LogP contribution in [0.15, 0.2) is 76.0 Å².